The molecule has 13 aromatic rings. The number of benzene rings is 12. The van der Waals surface area contributed by atoms with Crippen molar-refractivity contribution in [1.82, 2.24) is 4.98 Å². The van der Waals surface area contributed by atoms with Gasteiger partial charge in [0, 0.05) is 39.4 Å². The predicted octanol–water partition coefficient (Wildman–Crippen LogP) is 18.8. The lowest BCUT2D eigenvalue weighted by molar-refractivity contribution is 0.741. The van der Waals surface area contributed by atoms with Crippen LogP contribution < -0.4 is 9.80 Å². The molecule has 0 saturated carbocycles. The summed E-state index contributed by atoms with van der Waals surface area (Å²) in [6.45, 7) is 4.38. The van der Waals surface area contributed by atoms with E-state index < -0.39 is 5.41 Å². The minimum Gasteiger partial charge on any atom is -0.310 e. The van der Waals surface area contributed by atoms with E-state index in [1.165, 1.54) is 81.9 Å². The van der Waals surface area contributed by atoms with Crippen molar-refractivity contribution in [2.45, 2.75) is 19.3 Å². The van der Waals surface area contributed by atoms with E-state index in [2.05, 4.69) is 272 Å². The van der Waals surface area contributed by atoms with E-state index in [0.29, 0.717) is 0 Å². The zero-order valence-electron chi connectivity index (χ0n) is 40.7. The Morgan fingerprint density at radius 1 is 0.329 bits per heavy atom. The molecular weight excluding hydrogens is 883 g/mol. The van der Waals surface area contributed by atoms with Crippen LogP contribution in [-0.4, -0.2) is 4.98 Å². The monoisotopic (exact) mass is 931 g/mol. The Bertz CT molecular complexity index is 4270. The van der Waals surface area contributed by atoms with Crippen LogP contribution >= 0.6 is 0 Å². The summed E-state index contributed by atoms with van der Waals surface area (Å²) in [7, 11) is 0. The molecule has 1 atom stereocenters. The first-order chi connectivity index (χ1) is 36.0. The molecule has 0 saturated heterocycles. The Balaban J connectivity index is 1.11. The van der Waals surface area contributed by atoms with Crippen molar-refractivity contribution in [2.75, 3.05) is 9.80 Å². The molecule has 0 radical (unpaired) electrons. The van der Waals surface area contributed by atoms with Gasteiger partial charge in [-0.3, -0.25) is 4.98 Å². The summed E-state index contributed by atoms with van der Waals surface area (Å²) in [5.74, 6) is 0. The maximum absolute atomic E-state index is 5.39. The quantitative estimate of drug-likeness (QED) is 0.142. The first-order valence-corrected chi connectivity index (χ1v) is 25.3. The van der Waals surface area contributed by atoms with Crippen LogP contribution in [-0.2, 0) is 5.41 Å². The Morgan fingerprint density at radius 2 is 0.808 bits per heavy atom. The fourth-order valence-electron chi connectivity index (χ4n) is 12.3. The molecule has 12 aromatic carbocycles. The number of anilines is 6. The predicted molar refractivity (Wildman–Crippen MR) is 308 cm³/mol. The average Bonchev–Trinajstić information content (AvgIpc) is 3.75. The molecule has 1 unspecified atom stereocenters. The minimum absolute atomic E-state index is 0.811. The summed E-state index contributed by atoms with van der Waals surface area (Å²) in [6, 6.07) is 94.3. The summed E-state index contributed by atoms with van der Waals surface area (Å²) in [4.78, 5) is 10.4. The number of rotatable bonds is 8. The molecule has 0 fully saturated rings. The van der Waals surface area contributed by atoms with Crippen molar-refractivity contribution in [3.63, 3.8) is 0 Å². The Kier molecular flexibility index (Phi) is 9.87. The normalized spacial score (nSPS) is 13.9. The summed E-state index contributed by atoms with van der Waals surface area (Å²) in [6.07, 6.45) is 1.96. The van der Waals surface area contributed by atoms with Gasteiger partial charge in [0.25, 0.3) is 0 Å². The molecule has 3 nitrogen and oxygen atoms in total. The summed E-state index contributed by atoms with van der Waals surface area (Å²) >= 11 is 0. The van der Waals surface area contributed by atoms with Gasteiger partial charge in [0.2, 0.25) is 0 Å². The topological polar surface area (TPSA) is 19.4 Å². The van der Waals surface area contributed by atoms with E-state index in [9.17, 15) is 0 Å². The maximum atomic E-state index is 5.39. The Morgan fingerprint density at radius 3 is 1.40 bits per heavy atom. The van der Waals surface area contributed by atoms with Gasteiger partial charge in [-0.15, -0.1) is 0 Å². The second-order valence-corrected chi connectivity index (χ2v) is 19.6. The number of aryl methyl sites for hydroxylation is 2. The first kappa shape index (κ1) is 42.6. The van der Waals surface area contributed by atoms with Gasteiger partial charge in [0.05, 0.1) is 28.2 Å². The first-order valence-electron chi connectivity index (χ1n) is 25.3. The SMILES string of the molecule is Cc1cccc(N(c2ccc3c(c2)C(c2ccccc2)(c2ccccn2)c2c-3cc(N(c3cccc(C)c3)c3cc4ccccc4c4ccccc34)c3ccccc23)c2cc3ccccc3c3ccccc23)c1. The lowest BCUT2D eigenvalue weighted by Gasteiger charge is -2.35. The molecule has 0 amide bonds. The zero-order valence-corrected chi connectivity index (χ0v) is 40.7. The van der Waals surface area contributed by atoms with E-state index in [0.717, 1.165) is 50.8 Å². The molecule has 1 aliphatic rings. The van der Waals surface area contributed by atoms with Crippen molar-refractivity contribution < 1.29 is 0 Å². The van der Waals surface area contributed by atoms with E-state index in [4.69, 9.17) is 4.98 Å². The molecule has 0 bridgehead atoms. The lowest BCUT2D eigenvalue weighted by atomic mass is 9.68. The van der Waals surface area contributed by atoms with Crippen LogP contribution in [0.25, 0.3) is 65.0 Å². The second-order valence-electron chi connectivity index (χ2n) is 19.6. The van der Waals surface area contributed by atoms with Gasteiger partial charge in [0.15, 0.2) is 0 Å². The molecule has 1 aromatic heterocycles. The molecule has 1 heterocycles. The van der Waals surface area contributed by atoms with E-state index in [1.54, 1.807) is 0 Å². The van der Waals surface area contributed by atoms with Gasteiger partial charge >= 0.3 is 0 Å². The highest BCUT2D eigenvalue weighted by Gasteiger charge is 2.49. The van der Waals surface area contributed by atoms with Crippen molar-refractivity contribution in [3.05, 3.63) is 294 Å². The van der Waals surface area contributed by atoms with Crippen LogP contribution in [0.3, 0.4) is 0 Å². The smallest absolute Gasteiger partial charge is 0.0892 e. The van der Waals surface area contributed by atoms with Crippen molar-refractivity contribution in [2.24, 2.45) is 0 Å². The van der Waals surface area contributed by atoms with Crippen molar-refractivity contribution >= 4 is 88.0 Å². The fourth-order valence-corrected chi connectivity index (χ4v) is 12.3. The van der Waals surface area contributed by atoms with Crippen LogP contribution in [0.2, 0.25) is 0 Å². The fraction of sp³-hybridized carbons (Fsp3) is 0.0429. The molecule has 0 spiro atoms. The van der Waals surface area contributed by atoms with E-state index in [-0.39, 0.29) is 0 Å². The van der Waals surface area contributed by atoms with Gasteiger partial charge in [-0.2, -0.15) is 0 Å². The van der Waals surface area contributed by atoms with Gasteiger partial charge in [-0.1, -0.05) is 188 Å². The number of aromatic nitrogens is 1. The average molecular weight is 932 g/mol. The Hall–Kier alpha value is -9.31. The molecule has 0 N–H and O–H groups in total. The number of pyridine rings is 1. The molecule has 14 rings (SSSR count). The summed E-state index contributed by atoms with van der Waals surface area (Å²) < 4.78 is 0. The van der Waals surface area contributed by atoms with E-state index in [1.807, 2.05) is 12.3 Å². The van der Waals surface area contributed by atoms with Crippen LogP contribution in [0.5, 0.6) is 0 Å². The third-order valence-corrected chi connectivity index (χ3v) is 15.3. The van der Waals surface area contributed by atoms with Gasteiger partial charge < -0.3 is 9.80 Å². The maximum Gasteiger partial charge on any atom is 0.0892 e. The molecule has 73 heavy (non-hydrogen) atoms. The largest absolute Gasteiger partial charge is 0.310 e. The standard InChI is InChI=1S/C70H49N3/c1-46-20-18-26-51(40-46)72(65-42-48-22-6-8-28-54(48)56-30-10-12-32-59(56)65)53-37-38-58-63-45-67(73(52-27-19-21-47(2)41-52)66-43-49-23-7-9-29-55(49)57-31-11-13-33-60(57)66)61-34-14-15-35-62(61)69(63)70(64(58)44-53,50-24-4-3-5-25-50)68-36-16-17-39-71-68/h3-45H,1-2H3. The second kappa shape index (κ2) is 16.9. The third-order valence-electron chi connectivity index (χ3n) is 15.3. The van der Waals surface area contributed by atoms with Gasteiger partial charge in [0.1, 0.15) is 0 Å². The number of nitrogens with zero attached hydrogens (tertiary/aromatic N) is 3. The number of fused-ring (bicyclic) bond motifs is 11. The lowest BCUT2D eigenvalue weighted by Crippen LogP contribution is -2.30. The summed E-state index contributed by atoms with van der Waals surface area (Å²) in [5.41, 5.74) is 15.2. The highest BCUT2D eigenvalue weighted by Crippen LogP contribution is 2.61. The number of hydrogen-bond acceptors (Lipinski definition) is 3. The highest BCUT2D eigenvalue weighted by molar-refractivity contribution is 6.18. The van der Waals surface area contributed by atoms with Gasteiger partial charge in [-0.25, -0.2) is 0 Å². The van der Waals surface area contributed by atoms with Crippen molar-refractivity contribution in [3.8, 4) is 11.1 Å². The third kappa shape index (κ3) is 6.63. The number of hydrogen-bond donors (Lipinski definition) is 0. The molecule has 3 heteroatoms. The van der Waals surface area contributed by atoms with Crippen LogP contribution in [0.4, 0.5) is 34.1 Å². The minimum atomic E-state index is -0.811. The molecular formula is C70H49N3. The van der Waals surface area contributed by atoms with Crippen LogP contribution in [0, 0.1) is 13.8 Å². The molecule has 344 valence electrons. The van der Waals surface area contributed by atoms with Crippen LogP contribution in [0.1, 0.15) is 33.5 Å². The molecule has 0 aliphatic heterocycles. The van der Waals surface area contributed by atoms with Crippen LogP contribution in [0.15, 0.2) is 261 Å². The van der Waals surface area contributed by atoms with E-state index >= 15 is 0 Å². The zero-order chi connectivity index (χ0) is 48.6. The van der Waals surface area contributed by atoms with Gasteiger partial charge in [-0.05, 0) is 157 Å². The Labute approximate surface area is 425 Å². The highest BCUT2D eigenvalue weighted by atomic mass is 15.2. The molecule has 1 aliphatic carbocycles. The summed E-state index contributed by atoms with van der Waals surface area (Å²) in [5, 5.41) is 12.1. The van der Waals surface area contributed by atoms with Crippen molar-refractivity contribution in [1.29, 1.82) is 0 Å².